The minimum Gasteiger partial charge on any atom is -0.544 e. The molecule has 1 amide bonds. The van der Waals surface area contributed by atoms with Gasteiger partial charge < -0.3 is 25.3 Å². The van der Waals surface area contributed by atoms with Gasteiger partial charge in [-0.2, -0.15) is 0 Å². The van der Waals surface area contributed by atoms with Crippen molar-refractivity contribution in [2.45, 2.75) is 25.8 Å². The lowest BCUT2D eigenvalue weighted by Gasteiger charge is -2.16. The van der Waals surface area contributed by atoms with E-state index in [-0.39, 0.29) is 17.8 Å². The van der Waals surface area contributed by atoms with Gasteiger partial charge in [-0.3, -0.25) is 14.9 Å². The van der Waals surface area contributed by atoms with Crippen LogP contribution in [0.15, 0.2) is 18.2 Å². The number of carbonyl (C=O) groups is 2. The first kappa shape index (κ1) is 19.5. The Hall–Kier alpha value is -2.52. The molecule has 24 heavy (non-hydrogen) atoms. The lowest BCUT2D eigenvalue weighted by Crippen LogP contribution is -2.93. The second-order valence-corrected chi connectivity index (χ2v) is 5.30. The van der Waals surface area contributed by atoms with Crippen LogP contribution >= 0.6 is 0 Å². The van der Waals surface area contributed by atoms with Crippen LogP contribution < -0.4 is 15.7 Å². The summed E-state index contributed by atoms with van der Waals surface area (Å²) < 4.78 is 4.87. The topological polar surface area (TPSA) is 138 Å². The van der Waals surface area contributed by atoms with E-state index in [9.17, 15) is 24.8 Å². The van der Waals surface area contributed by atoms with E-state index in [1.165, 1.54) is 23.5 Å². The SMILES string of the molecule is COCCC[NH2+][C@@H](CC(=O)Nc1cc([N+](=O)[O-])ccc1C)C(=O)[O-]. The minimum atomic E-state index is -1.33. The van der Waals surface area contributed by atoms with Gasteiger partial charge in [-0.15, -0.1) is 0 Å². The number of nitro benzene ring substituents is 1. The molecule has 1 aromatic carbocycles. The third-order valence-corrected chi connectivity index (χ3v) is 3.42. The van der Waals surface area contributed by atoms with Crippen LogP contribution in [0.2, 0.25) is 0 Å². The Balaban J connectivity index is 2.67. The lowest BCUT2D eigenvalue weighted by atomic mass is 10.1. The molecule has 9 nitrogen and oxygen atoms in total. The molecular weight excluding hydrogens is 318 g/mol. The summed E-state index contributed by atoms with van der Waals surface area (Å²) in [7, 11) is 1.55. The Labute approximate surface area is 139 Å². The molecule has 0 unspecified atom stereocenters. The Morgan fingerprint density at radius 2 is 2.12 bits per heavy atom. The summed E-state index contributed by atoms with van der Waals surface area (Å²) in [4.78, 5) is 33.4. The van der Waals surface area contributed by atoms with Crippen LogP contribution in [0.3, 0.4) is 0 Å². The Bertz CT molecular complexity index is 605. The number of quaternary nitrogens is 1. The van der Waals surface area contributed by atoms with E-state index >= 15 is 0 Å². The molecule has 0 aliphatic rings. The number of hydrogen-bond acceptors (Lipinski definition) is 6. The number of carboxylic acids is 1. The molecule has 0 radical (unpaired) electrons. The van der Waals surface area contributed by atoms with Crippen molar-refractivity contribution in [3.63, 3.8) is 0 Å². The average molecular weight is 339 g/mol. The number of ether oxygens (including phenoxy) is 1. The number of aryl methyl sites for hydroxylation is 1. The Kier molecular flexibility index (Phi) is 7.80. The zero-order valence-corrected chi connectivity index (χ0v) is 13.6. The molecule has 0 bridgehead atoms. The molecule has 0 aromatic heterocycles. The number of benzene rings is 1. The molecular formula is C15H21N3O6. The first-order chi connectivity index (χ1) is 11.3. The number of non-ortho nitro benzene ring substituents is 1. The van der Waals surface area contributed by atoms with Crippen LogP contribution in [0.1, 0.15) is 18.4 Å². The highest BCUT2D eigenvalue weighted by Gasteiger charge is 2.19. The summed E-state index contributed by atoms with van der Waals surface area (Å²) in [5.74, 6) is -1.88. The van der Waals surface area contributed by atoms with Crippen molar-refractivity contribution in [1.29, 1.82) is 0 Å². The molecule has 132 valence electrons. The fourth-order valence-electron chi connectivity index (χ4n) is 2.07. The lowest BCUT2D eigenvalue weighted by molar-refractivity contribution is -0.682. The smallest absolute Gasteiger partial charge is 0.271 e. The summed E-state index contributed by atoms with van der Waals surface area (Å²) >= 11 is 0. The zero-order chi connectivity index (χ0) is 18.1. The Morgan fingerprint density at radius 3 is 2.71 bits per heavy atom. The van der Waals surface area contributed by atoms with Gasteiger partial charge in [-0.25, -0.2) is 0 Å². The largest absolute Gasteiger partial charge is 0.544 e. The van der Waals surface area contributed by atoms with E-state index < -0.39 is 22.8 Å². The van der Waals surface area contributed by atoms with Crippen molar-refractivity contribution in [2.24, 2.45) is 0 Å². The normalized spacial score (nSPS) is 11.8. The van der Waals surface area contributed by atoms with Crippen LogP contribution in [0.25, 0.3) is 0 Å². The van der Waals surface area contributed by atoms with E-state index in [0.717, 1.165) is 0 Å². The summed E-state index contributed by atoms with van der Waals surface area (Å²) in [6.45, 7) is 2.66. The average Bonchev–Trinajstić information content (AvgIpc) is 2.52. The van der Waals surface area contributed by atoms with Crippen molar-refractivity contribution in [1.82, 2.24) is 0 Å². The number of methoxy groups -OCH3 is 1. The van der Waals surface area contributed by atoms with Crippen molar-refractivity contribution >= 4 is 23.3 Å². The predicted octanol–water partition coefficient (Wildman–Crippen LogP) is -1.05. The molecule has 1 rings (SSSR count). The van der Waals surface area contributed by atoms with Gasteiger partial charge in [0.05, 0.1) is 36.2 Å². The van der Waals surface area contributed by atoms with E-state index in [2.05, 4.69) is 5.32 Å². The van der Waals surface area contributed by atoms with Crippen LogP contribution in [0.4, 0.5) is 11.4 Å². The second-order valence-electron chi connectivity index (χ2n) is 5.30. The maximum absolute atomic E-state index is 12.0. The highest BCUT2D eigenvalue weighted by atomic mass is 16.6. The third kappa shape index (κ3) is 6.31. The molecule has 1 aromatic rings. The highest BCUT2D eigenvalue weighted by molar-refractivity contribution is 5.94. The van der Waals surface area contributed by atoms with E-state index in [1.807, 2.05) is 0 Å². The van der Waals surface area contributed by atoms with Gasteiger partial charge in [0.1, 0.15) is 6.04 Å². The molecule has 0 spiro atoms. The van der Waals surface area contributed by atoms with Crippen molar-refractivity contribution in [3.05, 3.63) is 33.9 Å². The van der Waals surface area contributed by atoms with Crippen molar-refractivity contribution in [2.75, 3.05) is 25.6 Å². The first-order valence-electron chi connectivity index (χ1n) is 7.43. The number of nitro groups is 1. The molecule has 1 atom stereocenters. The van der Waals surface area contributed by atoms with Crippen LogP contribution in [-0.4, -0.2) is 43.1 Å². The summed E-state index contributed by atoms with van der Waals surface area (Å²) in [6.07, 6.45) is 0.351. The number of amides is 1. The minimum absolute atomic E-state index is 0.154. The molecule has 0 saturated carbocycles. The molecule has 0 heterocycles. The zero-order valence-electron chi connectivity index (χ0n) is 13.6. The van der Waals surface area contributed by atoms with Crippen LogP contribution in [0.5, 0.6) is 0 Å². The number of nitrogens with one attached hydrogen (secondary N) is 1. The van der Waals surface area contributed by atoms with E-state index in [0.29, 0.717) is 25.1 Å². The number of anilines is 1. The number of rotatable bonds is 10. The number of carboxylic acid groups (broad SMARTS) is 1. The number of nitrogens with zero attached hydrogens (tertiary/aromatic N) is 1. The fourth-order valence-corrected chi connectivity index (χ4v) is 2.07. The monoisotopic (exact) mass is 339 g/mol. The van der Waals surface area contributed by atoms with Crippen molar-refractivity contribution < 1.29 is 29.7 Å². The number of aliphatic carboxylic acids is 1. The number of carbonyl (C=O) groups excluding carboxylic acids is 2. The maximum atomic E-state index is 12.0. The van der Waals surface area contributed by atoms with E-state index in [4.69, 9.17) is 4.74 Å². The van der Waals surface area contributed by atoms with Gasteiger partial charge in [-0.05, 0) is 12.5 Å². The van der Waals surface area contributed by atoms with Crippen LogP contribution in [0, 0.1) is 17.0 Å². The van der Waals surface area contributed by atoms with Gasteiger partial charge in [0.2, 0.25) is 5.91 Å². The predicted molar refractivity (Wildman–Crippen MR) is 83.2 cm³/mol. The van der Waals surface area contributed by atoms with Crippen molar-refractivity contribution in [3.8, 4) is 0 Å². The summed E-state index contributed by atoms with van der Waals surface area (Å²) in [5, 5.41) is 25.9. The summed E-state index contributed by atoms with van der Waals surface area (Å²) in [5.41, 5.74) is 0.771. The Morgan fingerprint density at radius 1 is 1.42 bits per heavy atom. The fraction of sp³-hybridized carbons (Fsp3) is 0.467. The summed E-state index contributed by atoms with van der Waals surface area (Å²) in [6, 6.07) is 3.06. The van der Waals surface area contributed by atoms with Gasteiger partial charge in [0, 0.05) is 25.7 Å². The highest BCUT2D eigenvalue weighted by Crippen LogP contribution is 2.21. The molecule has 0 aliphatic carbocycles. The standard InChI is InChI=1S/C15H21N3O6/c1-10-4-5-11(18(22)23)8-12(10)17-14(19)9-13(15(20)21)16-6-3-7-24-2/h4-5,8,13,16H,3,6-7,9H2,1-2H3,(H,17,19)(H,20,21)/t13-/m0/s1. The quantitative estimate of drug-likeness (QED) is 0.317. The molecule has 3 N–H and O–H groups in total. The van der Waals surface area contributed by atoms with Gasteiger partial charge in [-0.1, -0.05) is 6.07 Å². The molecule has 9 heteroatoms. The van der Waals surface area contributed by atoms with Gasteiger partial charge in [0.15, 0.2) is 0 Å². The molecule has 0 fully saturated rings. The van der Waals surface area contributed by atoms with E-state index in [1.54, 1.807) is 14.0 Å². The molecule has 0 aliphatic heterocycles. The first-order valence-corrected chi connectivity index (χ1v) is 7.43. The molecule has 0 saturated heterocycles. The maximum Gasteiger partial charge on any atom is 0.271 e. The third-order valence-electron chi connectivity index (χ3n) is 3.42. The second kappa shape index (κ2) is 9.58. The number of nitrogens with two attached hydrogens (primary N) is 1. The van der Waals surface area contributed by atoms with Crippen LogP contribution in [-0.2, 0) is 14.3 Å². The van der Waals surface area contributed by atoms with Gasteiger partial charge in [0.25, 0.3) is 5.69 Å². The van der Waals surface area contributed by atoms with Gasteiger partial charge >= 0.3 is 0 Å². The number of hydrogen-bond donors (Lipinski definition) is 2.